The Morgan fingerprint density at radius 2 is 0.918 bits per heavy atom. The molecule has 0 atom stereocenters. The Bertz CT molecular complexity index is 2150. The molecule has 6 aromatic rings. The lowest BCUT2D eigenvalue weighted by Crippen LogP contribution is -2.28. The lowest BCUT2D eigenvalue weighted by molar-refractivity contribution is -0.385. The molecule has 0 radical (unpaired) electrons. The third-order valence-corrected chi connectivity index (χ3v) is 8.70. The van der Waals surface area contributed by atoms with Crippen molar-refractivity contribution in [3.8, 4) is 22.6 Å². The molecule has 0 saturated heterocycles. The molecule has 10 nitrogen and oxygen atoms in total. The van der Waals surface area contributed by atoms with Gasteiger partial charge in [0, 0.05) is 47.8 Å². The summed E-state index contributed by atoms with van der Waals surface area (Å²) >= 11 is 0. The number of fused-ring (bicyclic) bond motifs is 3. The van der Waals surface area contributed by atoms with E-state index in [4.69, 9.17) is 0 Å². The van der Waals surface area contributed by atoms with Gasteiger partial charge in [0.1, 0.15) is 11.5 Å². The molecular weight excluding hydrogens is 620 g/mol. The average Bonchev–Trinajstić information content (AvgIpc) is 3.42. The Morgan fingerprint density at radius 1 is 0.531 bits per heavy atom. The summed E-state index contributed by atoms with van der Waals surface area (Å²) < 4.78 is 0. The van der Waals surface area contributed by atoms with E-state index in [1.807, 2.05) is 72.8 Å². The van der Waals surface area contributed by atoms with Crippen molar-refractivity contribution in [3.05, 3.63) is 187 Å². The maximum atomic E-state index is 11.2. The zero-order chi connectivity index (χ0) is 34.1. The summed E-state index contributed by atoms with van der Waals surface area (Å²) in [5, 5.41) is 42.9. The number of hydrogen-bond acceptors (Lipinski definition) is 8. The standard InChI is InChI=1S/C39H26N4O6/c44-37-19-17-31(42(46)47)21-25(37)23-40-29-13-9-27(10-14-29)39(35-7-3-1-5-33(35)34-6-2-4-8-36(34)39)28-11-15-30(16-12-28)41-24-26-22-32(43(48)49)18-20-38(26)45/h1-24,44-45H. The summed E-state index contributed by atoms with van der Waals surface area (Å²) in [4.78, 5) is 30.4. The lowest BCUT2D eigenvalue weighted by atomic mass is 9.67. The molecule has 0 unspecified atom stereocenters. The highest BCUT2D eigenvalue weighted by molar-refractivity contribution is 5.89. The molecule has 6 aromatic carbocycles. The van der Waals surface area contributed by atoms with Crippen LogP contribution in [0.4, 0.5) is 22.7 Å². The van der Waals surface area contributed by atoms with E-state index < -0.39 is 15.3 Å². The molecule has 0 heterocycles. The van der Waals surface area contributed by atoms with E-state index in [2.05, 4.69) is 34.3 Å². The largest absolute Gasteiger partial charge is 0.507 e. The predicted molar refractivity (Wildman–Crippen MR) is 188 cm³/mol. The Hall–Kier alpha value is -6.94. The fourth-order valence-electron chi connectivity index (χ4n) is 6.42. The second-order valence-corrected chi connectivity index (χ2v) is 11.5. The molecule has 238 valence electrons. The SMILES string of the molecule is O=[N+]([O-])c1ccc(O)c(C=Nc2ccc(C3(c4ccc(N=Cc5cc([N+](=O)[O-])ccc5O)cc4)c4ccccc4-c4ccccc43)cc2)c1. The molecule has 0 aliphatic heterocycles. The maximum Gasteiger partial charge on any atom is 0.270 e. The summed E-state index contributed by atoms with van der Waals surface area (Å²) in [6, 6.07) is 39.7. The quantitative estimate of drug-likeness (QED) is 0.0956. The average molecular weight is 647 g/mol. The first-order valence-corrected chi connectivity index (χ1v) is 15.2. The van der Waals surface area contributed by atoms with E-state index >= 15 is 0 Å². The predicted octanol–water partition coefficient (Wildman–Crippen LogP) is 8.78. The van der Waals surface area contributed by atoms with Gasteiger partial charge in [-0.25, -0.2) is 0 Å². The molecule has 0 fully saturated rings. The van der Waals surface area contributed by atoms with Crippen molar-refractivity contribution >= 4 is 35.2 Å². The number of non-ortho nitro benzene ring substituents is 2. The summed E-state index contributed by atoms with van der Waals surface area (Å²) in [5.41, 5.74) is 7.08. The molecule has 1 aliphatic carbocycles. The first-order valence-electron chi connectivity index (χ1n) is 15.2. The zero-order valence-corrected chi connectivity index (χ0v) is 25.7. The van der Waals surface area contributed by atoms with Crippen molar-refractivity contribution in [3.63, 3.8) is 0 Å². The number of nitrogens with zero attached hydrogens (tertiary/aromatic N) is 4. The van der Waals surface area contributed by atoms with Crippen molar-refractivity contribution in [2.45, 2.75) is 5.41 Å². The van der Waals surface area contributed by atoms with Gasteiger partial charge in [0.15, 0.2) is 0 Å². The number of aromatic hydroxyl groups is 2. The van der Waals surface area contributed by atoms with Gasteiger partial charge in [-0.3, -0.25) is 30.2 Å². The molecule has 49 heavy (non-hydrogen) atoms. The van der Waals surface area contributed by atoms with Crippen molar-refractivity contribution in [2.75, 3.05) is 0 Å². The smallest absolute Gasteiger partial charge is 0.270 e. The van der Waals surface area contributed by atoms with Crippen molar-refractivity contribution in [2.24, 2.45) is 9.98 Å². The number of nitro benzene ring substituents is 2. The van der Waals surface area contributed by atoms with Crippen LogP contribution in [-0.2, 0) is 5.41 Å². The molecule has 0 saturated carbocycles. The van der Waals surface area contributed by atoms with E-state index in [1.165, 1.54) is 48.8 Å². The highest BCUT2D eigenvalue weighted by atomic mass is 16.6. The molecule has 2 N–H and O–H groups in total. The van der Waals surface area contributed by atoms with E-state index in [1.54, 1.807) is 0 Å². The van der Waals surface area contributed by atoms with Gasteiger partial charge in [-0.1, -0.05) is 72.8 Å². The third kappa shape index (κ3) is 5.47. The van der Waals surface area contributed by atoms with Crippen LogP contribution in [-0.4, -0.2) is 32.5 Å². The molecule has 7 rings (SSSR count). The van der Waals surface area contributed by atoms with Crippen LogP contribution in [0.15, 0.2) is 143 Å². The van der Waals surface area contributed by atoms with Crippen molar-refractivity contribution in [1.29, 1.82) is 0 Å². The minimum atomic E-state index is -0.700. The monoisotopic (exact) mass is 646 g/mol. The topological polar surface area (TPSA) is 151 Å². The van der Waals surface area contributed by atoms with Gasteiger partial charge in [-0.15, -0.1) is 0 Å². The van der Waals surface area contributed by atoms with Gasteiger partial charge in [-0.05, 0) is 69.8 Å². The summed E-state index contributed by atoms with van der Waals surface area (Å²) in [6.45, 7) is 0. The normalized spacial score (nSPS) is 13.0. The number of aliphatic imine (C=N–C) groups is 2. The van der Waals surface area contributed by atoms with Gasteiger partial charge in [0.2, 0.25) is 0 Å². The minimum absolute atomic E-state index is 0.112. The Morgan fingerprint density at radius 3 is 1.31 bits per heavy atom. The first kappa shape index (κ1) is 30.7. The molecule has 1 aliphatic rings. The number of nitro groups is 2. The van der Waals surface area contributed by atoms with Crippen molar-refractivity contribution < 1.29 is 20.1 Å². The van der Waals surface area contributed by atoms with Crippen LogP contribution >= 0.6 is 0 Å². The second-order valence-electron chi connectivity index (χ2n) is 11.5. The highest BCUT2D eigenvalue weighted by Gasteiger charge is 2.45. The summed E-state index contributed by atoms with van der Waals surface area (Å²) in [7, 11) is 0. The molecule has 10 heteroatoms. The number of hydrogen-bond donors (Lipinski definition) is 2. The molecular formula is C39H26N4O6. The van der Waals surface area contributed by atoms with Gasteiger partial charge >= 0.3 is 0 Å². The van der Waals surface area contributed by atoms with Crippen LogP contribution in [0.1, 0.15) is 33.4 Å². The number of phenolic OH excluding ortho intramolecular Hbond substituents is 2. The molecule has 0 amide bonds. The number of rotatable bonds is 8. The van der Waals surface area contributed by atoms with E-state index in [-0.39, 0.29) is 34.0 Å². The van der Waals surface area contributed by atoms with Crippen LogP contribution < -0.4 is 0 Å². The van der Waals surface area contributed by atoms with E-state index in [9.17, 15) is 30.4 Å². The second kappa shape index (κ2) is 12.3. The highest BCUT2D eigenvalue weighted by Crippen LogP contribution is 2.56. The summed E-state index contributed by atoms with van der Waals surface area (Å²) in [6.07, 6.45) is 2.81. The third-order valence-electron chi connectivity index (χ3n) is 8.70. The van der Waals surface area contributed by atoms with Crippen LogP contribution in [0, 0.1) is 20.2 Å². The van der Waals surface area contributed by atoms with Crippen LogP contribution in [0.5, 0.6) is 11.5 Å². The fourth-order valence-corrected chi connectivity index (χ4v) is 6.42. The van der Waals surface area contributed by atoms with Crippen molar-refractivity contribution in [1.82, 2.24) is 0 Å². The van der Waals surface area contributed by atoms with Gasteiger partial charge < -0.3 is 10.2 Å². The lowest BCUT2D eigenvalue weighted by Gasteiger charge is -2.34. The number of benzene rings is 6. The van der Waals surface area contributed by atoms with Gasteiger partial charge in [0.05, 0.1) is 26.6 Å². The Balaban J connectivity index is 1.30. The molecule has 0 bridgehead atoms. The minimum Gasteiger partial charge on any atom is -0.507 e. The van der Waals surface area contributed by atoms with Crippen LogP contribution in [0.3, 0.4) is 0 Å². The zero-order valence-electron chi connectivity index (χ0n) is 25.7. The van der Waals surface area contributed by atoms with E-state index in [0.717, 1.165) is 33.4 Å². The van der Waals surface area contributed by atoms with Gasteiger partial charge in [0.25, 0.3) is 11.4 Å². The Kier molecular flexibility index (Phi) is 7.73. The van der Waals surface area contributed by atoms with Crippen LogP contribution in [0.2, 0.25) is 0 Å². The molecule has 0 aromatic heterocycles. The fraction of sp³-hybridized carbons (Fsp3) is 0.0256. The summed E-state index contributed by atoms with van der Waals surface area (Å²) in [5.74, 6) is -0.225. The Labute approximate surface area is 279 Å². The maximum absolute atomic E-state index is 11.2. The van der Waals surface area contributed by atoms with Crippen LogP contribution in [0.25, 0.3) is 11.1 Å². The first-order chi connectivity index (χ1) is 23.8. The molecule has 0 spiro atoms. The number of phenols is 2. The van der Waals surface area contributed by atoms with E-state index in [0.29, 0.717) is 11.4 Å². The van der Waals surface area contributed by atoms with Gasteiger partial charge in [-0.2, -0.15) is 0 Å².